The Kier molecular flexibility index (Phi) is 3.61. The first kappa shape index (κ1) is 14.9. The van der Waals surface area contributed by atoms with E-state index >= 15 is 0 Å². The third-order valence-electron chi connectivity index (χ3n) is 3.71. The molecule has 0 amide bonds. The molecule has 0 radical (unpaired) electrons. The molecule has 3 heterocycles. The second-order valence-corrected chi connectivity index (χ2v) is 7.43. The lowest BCUT2D eigenvalue weighted by Crippen LogP contribution is -2.36. The molecule has 0 atom stereocenters. The lowest BCUT2D eigenvalue weighted by Gasteiger charge is -2.26. The Morgan fingerprint density at radius 3 is 2.77 bits per heavy atom. The molecular formula is C13H18N6O2S. The van der Waals surface area contributed by atoms with Gasteiger partial charge in [0.05, 0.1) is 18.6 Å². The van der Waals surface area contributed by atoms with Gasteiger partial charge in [-0.15, -0.1) is 0 Å². The predicted molar refractivity (Wildman–Crippen MR) is 80.4 cm³/mol. The largest absolute Gasteiger partial charge is 0.368 e. The fraction of sp³-hybridized carbons (Fsp3) is 0.462. The maximum atomic E-state index is 12.7. The van der Waals surface area contributed by atoms with Gasteiger partial charge in [0.1, 0.15) is 0 Å². The van der Waals surface area contributed by atoms with E-state index in [0.29, 0.717) is 18.7 Å². The lowest BCUT2D eigenvalue weighted by atomic mass is 10.1. The van der Waals surface area contributed by atoms with E-state index in [-0.39, 0.29) is 23.6 Å². The highest BCUT2D eigenvalue weighted by Crippen LogP contribution is 2.23. The van der Waals surface area contributed by atoms with Gasteiger partial charge >= 0.3 is 0 Å². The smallest absolute Gasteiger partial charge is 0.262 e. The zero-order valence-electron chi connectivity index (χ0n) is 12.5. The van der Waals surface area contributed by atoms with Crippen LogP contribution < -0.4 is 5.73 Å². The van der Waals surface area contributed by atoms with Crippen molar-refractivity contribution in [1.29, 1.82) is 0 Å². The number of imidazole rings is 1. The highest BCUT2D eigenvalue weighted by Gasteiger charge is 2.31. The van der Waals surface area contributed by atoms with Crippen molar-refractivity contribution in [2.45, 2.75) is 37.9 Å². The first-order valence-corrected chi connectivity index (χ1v) is 8.46. The van der Waals surface area contributed by atoms with E-state index in [1.165, 1.54) is 10.6 Å². The van der Waals surface area contributed by atoms with Crippen molar-refractivity contribution >= 4 is 16.0 Å². The molecule has 0 saturated carbocycles. The highest BCUT2D eigenvalue weighted by atomic mass is 32.2. The molecule has 2 aromatic heterocycles. The predicted octanol–water partition coefficient (Wildman–Crippen LogP) is 0.583. The first-order valence-electron chi connectivity index (χ1n) is 7.02. The van der Waals surface area contributed by atoms with Crippen LogP contribution in [-0.4, -0.2) is 38.8 Å². The van der Waals surface area contributed by atoms with E-state index in [9.17, 15) is 8.42 Å². The standard InChI is InChI=1S/C13H18N6O2S/c1-9(2)18-7-12(16-8-18)22(20,21)19-4-3-10-5-15-13(14)17-11(10)6-19/h5,7-9H,3-4,6H2,1-2H3,(H2,14,15,17). The molecule has 1 aliphatic heterocycles. The third kappa shape index (κ3) is 2.57. The van der Waals surface area contributed by atoms with Gasteiger partial charge in [-0.3, -0.25) is 0 Å². The normalized spacial score (nSPS) is 16.0. The maximum Gasteiger partial charge on any atom is 0.262 e. The Morgan fingerprint density at radius 2 is 2.09 bits per heavy atom. The molecule has 2 aromatic rings. The number of nitrogens with zero attached hydrogens (tertiary/aromatic N) is 5. The van der Waals surface area contributed by atoms with Gasteiger partial charge in [-0.1, -0.05) is 0 Å². The summed E-state index contributed by atoms with van der Waals surface area (Å²) in [6.45, 7) is 4.51. The summed E-state index contributed by atoms with van der Waals surface area (Å²) in [6, 6.07) is 0.158. The summed E-state index contributed by atoms with van der Waals surface area (Å²) in [5.41, 5.74) is 7.17. The number of anilines is 1. The number of nitrogen functional groups attached to an aromatic ring is 1. The van der Waals surface area contributed by atoms with Crippen molar-refractivity contribution in [3.05, 3.63) is 30.0 Å². The SMILES string of the molecule is CC(C)n1cnc(S(=O)(=O)N2CCc3cnc(N)nc3C2)c1. The zero-order valence-corrected chi connectivity index (χ0v) is 13.3. The molecule has 1 aliphatic rings. The summed E-state index contributed by atoms with van der Waals surface area (Å²) in [7, 11) is -3.63. The Balaban J connectivity index is 1.90. The zero-order chi connectivity index (χ0) is 15.9. The molecule has 0 aromatic carbocycles. The number of hydrogen-bond acceptors (Lipinski definition) is 6. The van der Waals surface area contributed by atoms with E-state index in [2.05, 4.69) is 15.0 Å². The van der Waals surface area contributed by atoms with Crippen molar-refractivity contribution in [1.82, 2.24) is 23.8 Å². The van der Waals surface area contributed by atoms with Crippen LogP contribution in [0.3, 0.4) is 0 Å². The molecule has 8 nitrogen and oxygen atoms in total. The van der Waals surface area contributed by atoms with Gasteiger partial charge in [0, 0.05) is 25.0 Å². The lowest BCUT2D eigenvalue weighted by molar-refractivity contribution is 0.383. The Labute approximate surface area is 129 Å². The Hall–Kier alpha value is -2.00. The van der Waals surface area contributed by atoms with Crippen LogP contribution in [0.5, 0.6) is 0 Å². The van der Waals surface area contributed by atoms with Crippen LogP contribution in [0.1, 0.15) is 31.1 Å². The molecule has 0 fully saturated rings. The van der Waals surface area contributed by atoms with Crippen molar-refractivity contribution in [2.24, 2.45) is 0 Å². The van der Waals surface area contributed by atoms with Gasteiger partial charge < -0.3 is 10.3 Å². The fourth-order valence-electron chi connectivity index (χ4n) is 2.37. The summed E-state index contributed by atoms with van der Waals surface area (Å²) in [5, 5.41) is 0.0617. The molecule has 0 unspecified atom stereocenters. The summed E-state index contributed by atoms with van der Waals surface area (Å²) < 4.78 is 28.5. The number of aromatic nitrogens is 4. The maximum absolute atomic E-state index is 12.7. The minimum absolute atomic E-state index is 0.0617. The molecule has 22 heavy (non-hydrogen) atoms. The fourth-order valence-corrected chi connectivity index (χ4v) is 3.69. The molecule has 2 N–H and O–H groups in total. The van der Waals surface area contributed by atoms with E-state index < -0.39 is 10.0 Å². The van der Waals surface area contributed by atoms with Gasteiger partial charge in [0.15, 0.2) is 5.03 Å². The summed E-state index contributed by atoms with van der Waals surface area (Å²) in [6.07, 6.45) is 5.33. The van der Waals surface area contributed by atoms with Crippen LogP contribution in [-0.2, 0) is 23.0 Å². The summed E-state index contributed by atoms with van der Waals surface area (Å²) in [4.78, 5) is 12.1. The summed E-state index contributed by atoms with van der Waals surface area (Å²) in [5.74, 6) is 0.155. The monoisotopic (exact) mass is 322 g/mol. The number of sulfonamides is 1. The van der Waals surface area contributed by atoms with Crippen molar-refractivity contribution in [2.75, 3.05) is 12.3 Å². The second kappa shape index (κ2) is 5.33. The van der Waals surface area contributed by atoms with Crippen LogP contribution in [0.2, 0.25) is 0 Å². The first-order chi connectivity index (χ1) is 10.4. The van der Waals surface area contributed by atoms with Crippen molar-refractivity contribution < 1.29 is 8.42 Å². The molecular weight excluding hydrogens is 304 g/mol. The van der Waals surface area contributed by atoms with Crippen molar-refractivity contribution in [3.8, 4) is 0 Å². The van der Waals surface area contributed by atoms with E-state index in [1.54, 1.807) is 17.0 Å². The van der Waals surface area contributed by atoms with E-state index in [1.807, 2.05) is 13.8 Å². The van der Waals surface area contributed by atoms with Gasteiger partial charge in [-0.2, -0.15) is 4.31 Å². The Morgan fingerprint density at radius 1 is 1.32 bits per heavy atom. The number of rotatable bonds is 3. The Bertz CT molecular complexity index is 799. The van der Waals surface area contributed by atoms with Crippen molar-refractivity contribution in [3.63, 3.8) is 0 Å². The number of nitrogens with two attached hydrogens (primary N) is 1. The highest BCUT2D eigenvalue weighted by molar-refractivity contribution is 7.89. The number of hydrogen-bond donors (Lipinski definition) is 1. The molecule has 9 heteroatoms. The number of fused-ring (bicyclic) bond motifs is 1. The van der Waals surface area contributed by atoms with Gasteiger partial charge in [-0.05, 0) is 25.8 Å². The van der Waals surface area contributed by atoms with Crippen LogP contribution in [0.15, 0.2) is 23.7 Å². The molecule has 3 rings (SSSR count). The average molecular weight is 322 g/mol. The molecule has 118 valence electrons. The van der Waals surface area contributed by atoms with E-state index in [0.717, 1.165) is 5.56 Å². The minimum atomic E-state index is -3.63. The van der Waals surface area contributed by atoms with Crippen LogP contribution in [0.25, 0.3) is 0 Å². The minimum Gasteiger partial charge on any atom is -0.368 e. The molecule has 0 spiro atoms. The third-order valence-corrected chi connectivity index (χ3v) is 5.44. The van der Waals surface area contributed by atoms with Crippen LogP contribution >= 0.6 is 0 Å². The van der Waals surface area contributed by atoms with Gasteiger partial charge in [0.25, 0.3) is 10.0 Å². The van der Waals surface area contributed by atoms with E-state index in [4.69, 9.17) is 5.73 Å². The topological polar surface area (TPSA) is 107 Å². The average Bonchev–Trinajstić information content (AvgIpc) is 2.97. The quantitative estimate of drug-likeness (QED) is 0.886. The van der Waals surface area contributed by atoms with Crippen LogP contribution in [0, 0.1) is 0 Å². The van der Waals surface area contributed by atoms with Crippen LogP contribution in [0.4, 0.5) is 5.95 Å². The second-order valence-electron chi connectivity index (χ2n) is 5.54. The molecule has 0 aliphatic carbocycles. The summed E-state index contributed by atoms with van der Waals surface area (Å²) >= 11 is 0. The van der Waals surface area contributed by atoms with Gasteiger partial charge in [-0.25, -0.2) is 23.4 Å². The molecule has 0 bridgehead atoms. The van der Waals surface area contributed by atoms with Gasteiger partial charge in [0.2, 0.25) is 5.95 Å². The molecule has 0 saturated heterocycles.